The summed E-state index contributed by atoms with van der Waals surface area (Å²) in [5, 5.41) is 2.75. The summed E-state index contributed by atoms with van der Waals surface area (Å²) in [7, 11) is -3.92. The molecule has 1 N–H and O–H groups in total. The molecule has 2 amide bonds. The minimum atomic E-state index is -3.92. The van der Waals surface area contributed by atoms with Crippen molar-refractivity contribution in [3.8, 4) is 0 Å². The van der Waals surface area contributed by atoms with Crippen LogP contribution < -0.4 is 9.62 Å². The second-order valence-electron chi connectivity index (χ2n) is 9.04. The van der Waals surface area contributed by atoms with Gasteiger partial charge in [0.15, 0.2) is 0 Å². The summed E-state index contributed by atoms with van der Waals surface area (Å²) in [4.78, 5) is 27.9. The molecule has 3 rings (SSSR count). The van der Waals surface area contributed by atoms with E-state index in [9.17, 15) is 22.4 Å². The van der Waals surface area contributed by atoms with E-state index in [1.807, 2.05) is 31.2 Å². The van der Waals surface area contributed by atoms with Crippen LogP contribution in [0.2, 0.25) is 5.02 Å². The number of hydrogen-bond acceptors (Lipinski definition) is 4. The lowest BCUT2D eigenvalue weighted by molar-refractivity contribution is -0.139. The van der Waals surface area contributed by atoms with Gasteiger partial charge in [-0.2, -0.15) is 0 Å². The Balaban J connectivity index is 1.88. The molecule has 1 saturated carbocycles. The maximum Gasteiger partial charge on any atom is 0.244 e. The Kier molecular flexibility index (Phi) is 8.77. The van der Waals surface area contributed by atoms with Crippen molar-refractivity contribution in [2.75, 3.05) is 17.1 Å². The van der Waals surface area contributed by atoms with E-state index in [0.717, 1.165) is 59.5 Å². The normalized spacial score (nSPS) is 15.0. The molecule has 0 spiro atoms. The van der Waals surface area contributed by atoms with Crippen LogP contribution in [-0.4, -0.2) is 50.0 Å². The molecule has 10 heteroatoms. The van der Waals surface area contributed by atoms with Crippen molar-refractivity contribution < 1.29 is 22.4 Å². The number of halogens is 2. The molecular formula is C25H31ClFN3O4S. The Morgan fingerprint density at radius 2 is 1.77 bits per heavy atom. The molecule has 35 heavy (non-hydrogen) atoms. The highest BCUT2D eigenvalue weighted by Crippen LogP contribution is 2.25. The van der Waals surface area contributed by atoms with E-state index < -0.39 is 34.3 Å². The minimum absolute atomic E-state index is 0.0607. The number of amides is 2. The fraction of sp³-hybridized carbons (Fsp3) is 0.440. The van der Waals surface area contributed by atoms with Crippen LogP contribution in [0.15, 0.2) is 42.5 Å². The molecule has 0 saturated heterocycles. The van der Waals surface area contributed by atoms with E-state index in [4.69, 9.17) is 11.6 Å². The van der Waals surface area contributed by atoms with Gasteiger partial charge in [0.05, 0.1) is 17.0 Å². The van der Waals surface area contributed by atoms with Crippen LogP contribution in [0, 0.1) is 12.7 Å². The van der Waals surface area contributed by atoms with Crippen molar-refractivity contribution in [1.29, 1.82) is 0 Å². The number of carbonyl (C=O) groups is 2. The summed E-state index contributed by atoms with van der Waals surface area (Å²) in [6, 6.07) is 10.2. The van der Waals surface area contributed by atoms with Crippen molar-refractivity contribution in [2.24, 2.45) is 0 Å². The molecule has 2 aromatic rings. The maximum absolute atomic E-state index is 13.7. The highest BCUT2D eigenvalue weighted by atomic mass is 35.5. The average molecular weight is 524 g/mol. The molecule has 1 aliphatic carbocycles. The predicted molar refractivity (Wildman–Crippen MR) is 135 cm³/mol. The van der Waals surface area contributed by atoms with Crippen molar-refractivity contribution in [1.82, 2.24) is 10.2 Å². The van der Waals surface area contributed by atoms with Crippen LogP contribution in [-0.2, 0) is 26.2 Å². The van der Waals surface area contributed by atoms with E-state index in [2.05, 4.69) is 5.32 Å². The summed E-state index contributed by atoms with van der Waals surface area (Å²) in [5.74, 6) is -1.55. The highest BCUT2D eigenvalue weighted by Gasteiger charge is 2.31. The molecule has 0 aromatic heterocycles. The fourth-order valence-corrected chi connectivity index (χ4v) is 5.13. The third kappa shape index (κ3) is 7.18. The van der Waals surface area contributed by atoms with Crippen LogP contribution in [0.5, 0.6) is 0 Å². The first-order valence-electron chi connectivity index (χ1n) is 11.5. The molecule has 1 fully saturated rings. The van der Waals surface area contributed by atoms with Gasteiger partial charge in [-0.25, -0.2) is 12.8 Å². The standard InChI is InChI=1S/C25H31ClFN3O4S/c1-17-8-10-19(11-9-17)15-29(18(2)25(32)28-20-6-4-5-7-20)24(31)16-30(35(3,33)34)21-12-13-23(27)22(26)14-21/h8-14,18,20H,4-7,15-16H2,1-3H3,(H,28,32). The van der Waals surface area contributed by atoms with Crippen molar-refractivity contribution in [3.63, 3.8) is 0 Å². The van der Waals surface area contributed by atoms with Gasteiger partial charge in [0.2, 0.25) is 21.8 Å². The second kappa shape index (κ2) is 11.4. The van der Waals surface area contributed by atoms with E-state index in [-0.39, 0.29) is 29.2 Å². The van der Waals surface area contributed by atoms with Crippen molar-refractivity contribution >= 4 is 39.1 Å². The fourth-order valence-electron chi connectivity index (χ4n) is 4.12. The molecule has 0 bridgehead atoms. The minimum Gasteiger partial charge on any atom is -0.352 e. The monoisotopic (exact) mass is 523 g/mol. The van der Waals surface area contributed by atoms with Crippen molar-refractivity contribution in [3.05, 3.63) is 64.4 Å². The van der Waals surface area contributed by atoms with Crippen LogP contribution >= 0.6 is 11.6 Å². The van der Waals surface area contributed by atoms with Gasteiger partial charge >= 0.3 is 0 Å². The molecular weight excluding hydrogens is 493 g/mol. The third-order valence-electron chi connectivity index (χ3n) is 6.21. The number of nitrogens with one attached hydrogen (secondary N) is 1. The molecule has 1 unspecified atom stereocenters. The largest absolute Gasteiger partial charge is 0.352 e. The number of carbonyl (C=O) groups excluding carboxylic acids is 2. The van der Waals surface area contributed by atoms with Gasteiger partial charge in [-0.3, -0.25) is 13.9 Å². The Bertz CT molecular complexity index is 1170. The topological polar surface area (TPSA) is 86.8 Å². The number of sulfonamides is 1. The quantitative estimate of drug-likeness (QED) is 0.537. The Morgan fingerprint density at radius 3 is 2.34 bits per heavy atom. The number of rotatable bonds is 9. The highest BCUT2D eigenvalue weighted by molar-refractivity contribution is 7.92. The number of hydrogen-bond donors (Lipinski definition) is 1. The summed E-state index contributed by atoms with van der Waals surface area (Å²) >= 11 is 5.86. The predicted octanol–water partition coefficient (Wildman–Crippen LogP) is 4.03. The van der Waals surface area contributed by atoms with Gasteiger partial charge < -0.3 is 10.2 Å². The van der Waals surface area contributed by atoms with Gasteiger partial charge in [-0.1, -0.05) is 54.3 Å². The zero-order valence-corrected chi connectivity index (χ0v) is 21.7. The first-order valence-corrected chi connectivity index (χ1v) is 13.8. The SMILES string of the molecule is Cc1ccc(CN(C(=O)CN(c2ccc(F)c(Cl)c2)S(C)(=O)=O)C(C)C(=O)NC2CCCC2)cc1. The van der Waals surface area contributed by atoms with E-state index in [1.54, 1.807) is 6.92 Å². The second-order valence-corrected chi connectivity index (χ2v) is 11.4. The lowest BCUT2D eigenvalue weighted by atomic mass is 10.1. The molecule has 2 aromatic carbocycles. The first kappa shape index (κ1) is 26.9. The first-order chi connectivity index (χ1) is 16.5. The van der Waals surface area contributed by atoms with E-state index in [1.165, 1.54) is 11.0 Å². The van der Waals surface area contributed by atoms with Crippen molar-refractivity contribution in [2.45, 2.75) is 58.2 Å². The summed E-state index contributed by atoms with van der Waals surface area (Å²) in [6.07, 6.45) is 4.86. The number of aryl methyl sites for hydroxylation is 1. The molecule has 190 valence electrons. The van der Waals surface area contributed by atoms with Crippen LogP contribution in [0.1, 0.15) is 43.7 Å². The molecule has 0 aliphatic heterocycles. The number of anilines is 1. The number of nitrogens with zero attached hydrogens (tertiary/aromatic N) is 2. The summed E-state index contributed by atoms with van der Waals surface area (Å²) in [6.45, 7) is 3.14. The smallest absolute Gasteiger partial charge is 0.244 e. The molecule has 0 radical (unpaired) electrons. The van der Waals surface area contributed by atoms with E-state index in [0.29, 0.717) is 0 Å². The summed E-state index contributed by atoms with van der Waals surface area (Å²) < 4.78 is 39.6. The van der Waals surface area contributed by atoms with Gasteiger partial charge in [0.1, 0.15) is 18.4 Å². The zero-order valence-electron chi connectivity index (χ0n) is 20.1. The molecule has 7 nitrogen and oxygen atoms in total. The number of benzene rings is 2. The Morgan fingerprint density at radius 1 is 1.14 bits per heavy atom. The van der Waals surface area contributed by atoms with Gasteiger partial charge in [0.25, 0.3) is 0 Å². The summed E-state index contributed by atoms with van der Waals surface area (Å²) in [5.41, 5.74) is 1.92. The zero-order chi connectivity index (χ0) is 25.8. The van der Waals surface area contributed by atoms with Crippen LogP contribution in [0.3, 0.4) is 0 Å². The average Bonchev–Trinajstić information content (AvgIpc) is 3.30. The van der Waals surface area contributed by atoms with E-state index >= 15 is 0 Å². The van der Waals surface area contributed by atoms with Crippen LogP contribution in [0.4, 0.5) is 10.1 Å². The van der Waals surface area contributed by atoms with Gasteiger partial charge in [-0.05, 0) is 50.5 Å². The molecule has 1 atom stereocenters. The maximum atomic E-state index is 13.7. The van der Waals surface area contributed by atoms with Gasteiger partial charge in [0, 0.05) is 12.6 Å². The van der Waals surface area contributed by atoms with Gasteiger partial charge in [-0.15, -0.1) is 0 Å². The lowest BCUT2D eigenvalue weighted by Crippen LogP contribution is -2.52. The third-order valence-corrected chi connectivity index (χ3v) is 7.64. The lowest BCUT2D eigenvalue weighted by Gasteiger charge is -2.32. The Hall–Kier alpha value is -2.65. The van der Waals surface area contributed by atoms with Crippen LogP contribution in [0.25, 0.3) is 0 Å². The molecule has 1 aliphatic rings. The Labute approximate surface area is 211 Å². The molecule has 0 heterocycles.